The molecule has 0 spiro atoms. The van der Waals surface area contributed by atoms with E-state index in [2.05, 4.69) is 37.9 Å². The summed E-state index contributed by atoms with van der Waals surface area (Å²) in [5.41, 5.74) is 2.38. The molecule has 2 aromatic rings. The number of aromatic nitrogens is 2. The van der Waals surface area contributed by atoms with E-state index in [0.717, 1.165) is 36.2 Å². The molecule has 0 radical (unpaired) electrons. The summed E-state index contributed by atoms with van der Waals surface area (Å²) in [7, 11) is 1.73. The van der Waals surface area contributed by atoms with Gasteiger partial charge in [-0.25, -0.2) is 4.79 Å². The summed E-state index contributed by atoms with van der Waals surface area (Å²) in [6.07, 6.45) is 1.63. The number of aryl methyl sites for hydroxylation is 1. The first-order valence-corrected chi connectivity index (χ1v) is 10.5. The van der Waals surface area contributed by atoms with Gasteiger partial charge in [-0.1, -0.05) is 27.7 Å². The van der Waals surface area contributed by atoms with E-state index >= 15 is 0 Å². The summed E-state index contributed by atoms with van der Waals surface area (Å²) in [5.74, 6) is 0.458. The predicted octanol–water partition coefficient (Wildman–Crippen LogP) is 2.83. The van der Waals surface area contributed by atoms with Gasteiger partial charge in [0.1, 0.15) is 6.04 Å². The third-order valence-corrected chi connectivity index (χ3v) is 6.10. The summed E-state index contributed by atoms with van der Waals surface area (Å²) in [6.45, 7) is 10.8. The van der Waals surface area contributed by atoms with Crippen LogP contribution in [0, 0.1) is 11.8 Å². The molecule has 1 aliphatic heterocycles. The molecule has 0 bridgehead atoms. The monoisotopic (exact) mass is 400 g/mol. The lowest BCUT2D eigenvalue weighted by atomic mass is 9.97. The Morgan fingerprint density at radius 3 is 2.52 bits per heavy atom. The fourth-order valence-electron chi connectivity index (χ4n) is 3.93. The van der Waals surface area contributed by atoms with Gasteiger partial charge in [-0.3, -0.25) is 24.0 Å². The minimum atomic E-state index is -0.651. The third-order valence-electron chi connectivity index (χ3n) is 6.10. The Hall–Kier alpha value is -2.57. The molecule has 1 unspecified atom stereocenters. The number of imidazole rings is 1. The number of carbonyl (C=O) groups excluding carboxylic acids is 2. The van der Waals surface area contributed by atoms with Gasteiger partial charge in [-0.15, -0.1) is 0 Å². The number of carbonyl (C=O) groups is 2. The van der Waals surface area contributed by atoms with Crippen molar-refractivity contribution >= 4 is 28.5 Å². The molecule has 7 nitrogen and oxygen atoms in total. The van der Waals surface area contributed by atoms with E-state index in [1.165, 1.54) is 4.57 Å². The highest BCUT2D eigenvalue weighted by Gasteiger charge is 2.31. The zero-order valence-electron chi connectivity index (χ0n) is 18.1. The molecule has 2 heterocycles. The maximum Gasteiger partial charge on any atom is 0.329 e. The van der Waals surface area contributed by atoms with Gasteiger partial charge in [-0.2, -0.15) is 0 Å². The van der Waals surface area contributed by atoms with Gasteiger partial charge in [0, 0.05) is 32.2 Å². The van der Waals surface area contributed by atoms with Gasteiger partial charge in [0.25, 0.3) is 0 Å². The third kappa shape index (κ3) is 4.09. The van der Waals surface area contributed by atoms with E-state index in [1.54, 1.807) is 11.6 Å². The topological polar surface area (TPSA) is 76.3 Å². The number of rotatable bonds is 7. The number of amides is 2. The van der Waals surface area contributed by atoms with Crippen molar-refractivity contribution in [3.8, 4) is 0 Å². The number of hydrogen-bond acceptors (Lipinski definition) is 4. The van der Waals surface area contributed by atoms with Crippen molar-refractivity contribution in [2.24, 2.45) is 18.9 Å². The SMILES string of the molecule is CCCN(C[C@H](C)C(C)C)c1ccc2c(c1)n(C)c(=O)n2C1CCC(=O)NC1=O. The quantitative estimate of drug-likeness (QED) is 0.725. The molecule has 0 saturated carbocycles. The molecule has 1 aromatic heterocycles. The predicted molar refractivity (Wildman–Crippen MR) is 115 cm³/mol. The Morgan fingerprint density at radius 1 is 1.17 bits per heavy atom. The zero-order chi connectivity index (χ0) is 21.3. The van der Waals surface area contributed by atoms with Crippen molar-refractivity contribution in [1.29, 1.82) is 0 Å². The number of imide groups is 1. The standard InChI is InChI=1S/C22H32N4O3/c1-6-11-25(13-15(4)14(2)3)16-7-8-17-19(12-16)24(5)22(29)26(17)18-9-10-20(27)23-21(18)28/h7-8,12,14-15,18H,6,9-11,13H2,1-5H3,(H,23,27,28)/t15-,18?/m0/s1. The normalized spacial score (nSPS) is 18.3. The van der Waals surface area contributed by atoms with E-state index in [9.17, 15) is 14.4 Å². The Bertz CT molecular complexity index is 972. The van der Waals surface area contributed by atoms with Crippen molar-refractivity contribution in [2.75, 3.05) is 18.0 Å². The average molecular weight is 401 g/mol. The second-order valence-corrected chi connectivity index (χ2v) is 8.52. The van der Waals surface area contributed by atoms with Crippen molar-refractivity contribution < 1.29 is 9.59 Å². The highest BCUT2D eigenvalue weighted by Crippen LogP contribution is 2.27. The van der Waals surface area contributed by atoms with Crippen LogP contribution in [0.3, 0.4) is 0 Å². The maximum absolute atomic E-state index is 12.9. The number of fused-ring (bicyclic) bond motifs is 1. The van der Waals surface area contributed by atoms with E-state index in [1.807, 2.05) is 18.2 Å². The van der Waals surface area contributed by atoms with Crippen LogP contribution in [-0.2, 0) is 16.6 Å². The highest BCUT2D eigenvalue weighted by atomic mass is 16.2. The maximum atomic E-state index is 12.9. The fraction of sp³-hybridized carbons (Fsp3) is 0.591. The van der Waals surface area contributed by atoms with E-state index in [4.69, 9.17) is 0 Å². The van der Waals surface area contributed by atoms with Crippen molar-refractivity contribution in [3.05, 3.63) is 28.7 Å². The fourth-order valence-corrected chi connectivity index (χ4v) is 3.93. The first-order valence-electron chi connectivity index (χ1n) is 10.5. The van der Waals surface area contributed by atoms with Crippen LogP contribution < -0.4 is 15.9 Å². The Morgan fingerprint density at radius 2 is 1.90 bits per heavy atom. The molecular weight excluding hydrogens is 368 g/mol. The summed E-state index contributed by atoms with van der Waals surface area (Å²) in [4.78, 5) is 39.1. The molecule has 2 amide bonds. The summed E-state index contributed by atoms with van der Waals surface area (Å²) < 4.78 is 3.13. The lowest BCUT2D eigenvalue weighted by Gasteiger charge is -2.29. The number of nitrogens with one attached hydrogen (secondary N) is 1. The van der Waals surface area contributed by atoms with Gasteiger partial charge < -0.3 is 4.90 Å². The van der Waals surface area contributed by atoms with Crippen molar-refractivity contribution in [1.82, 2.24) is 14.5 Å². The average Bonchev–Trinajstić information content (AvgIpc) is 2.92. The highest BCUT2D eigenvalue weighted by molar-refractivity contribution is 6.00. The molecule has 29 heavy (non-hydrogen) atoms. The second kappa shape index (κ2) is 8.43. The van der Waals surface area contributed by atoms with E-state index in [0.29, 0.717) is 18.3 Å². The number of nitrogens with zero attached hydrogens (tertiary/aromatic N) is 3. The molecule has 1 saturated heterocycles. The summed E-state index contributed by atoms with van der Waals surface area (Å²) in [5, 5.41) is 2.35. The smallest absolute Gasteiger partial charge is 0.329 e. The van der Waals surface area contributed by atoms with Crippen molar-refractivity contribution in [2.45, 2.75) is 53.0 Å². The zero-order valence-corrected chi connectivity index (χ0v) is 18.1. The molecule has 158 valence electrons. The molecule has 1 N–H and O–H groups in total. The lowest BCUT2D eigenvalue weighted by Crippen LogP contribution is -2.44. The first kappa shape index (κ1) is 21.1. The van der Waals surface area contributed by atoms with Crippen LogP contribution in [0.4, 0.5) is 5.69 Å². The molecule has 1 aromatic carbocycles. The van der Waals surface area contributed by atoms with E-state index < -0.39 is 11.9 Å². The molecule has 7 heteroatoms. The molecule has 1 aliphatic rings. The van der Waals surface area contributed by atoms with Crippen LogP contribution in [0.5, 0.6) is 0 Å². The Balaban J connectivity index is 2.02. The molecule has 1 fully saturated rings. The Labute approximate surface area is 171 Å². The molecule has 3 rings (SSSR count). The van der Waals surface area contributed by atoms with Gasteiger partial charge in [0.2, 0.25) is 11.8 Å². The lowest BCUT2D eigenvalue weighted by molar-refractivity contribution is -0.135. The van der Waals surface area contributed by atoms with E-state index in [-0.39, 0.29) is 18.0 Å². The minimum absolute atomic E-state index is 0.232. The van der Waals surface area contributed by atoms with Crippen LogP contribution in [0.2, 0.25) is 0 Å². The van der Waals surface area contributed by atoms with Crippen LogP contribution in [-0.4, -0.2) is 34.0 Å². The number of piperidine rings is 1. The van der Waals surface area contributed by atoms with Gasteiger partial charge in [0.05, 0.1) is 11.0 Å². The second-order valence-electron chi connectivity index (χ2n) is 8.52. The van der Waals surface area contributed by atoms with Crippen LogP contribution in [0.25, 0.3) is 11.0 Å². The van der Waals surface area contributed by atoms with Crippen LogP contribution in [0.1, 0.15) is 53.0 Å². The van der Waals surface area contributed by atoms with Crippen LogP contribution >= 0.6 is 0 Å². The molecule has 0 aliphatic carbocycles. The summed E-state index contributed by atoms with van der Waals surface area (Å²) in [6, 6.07) is 5.36. The molecular formula is C22H32N4O3. The molecule has 2 atom stereocenters. The van der Waals surface area contributed by atoms with Crippen LogP contribution in [0.15, 0.2) is 23.0 Å². The summed E-state index contributed by atoms with van der Waals surface area (Å²) >= 11 is 0. The van der Waals surface area contributed by atoms with Crippen molar-refractivity contribution in [3.63, 3.8) is 0 Å². The minimum Gasteiger partial charge on any atom is -0.371 e. The largest absolute Gasteiger partial charge is 0.371 e. The van der Waals surface area contributed by atoms with Gasteiger partial charge in [0.15, 0.2) is 0 Å². The number of hydrogen-bond donors (Lipinski definition) is 1. The van der Waals surface area contributed by atoms with Gasteiger partial charge in [-0.05, 0) is 42.9 Å². The number of benzene rings is 1. The number of anilines is 1. The van der Waals surface area contributed by atoms with Gasteiger partial charge >= 0.3 is 5.69 Å². The Kier molecular flexibility index (Phi) is 6.15. The first-order chi connectivity index (χ1) is 13.7.